The zero-order valence-corrected chi connectivity index (χ0v) is 22.3. The van der Waals surface area contributed by atoms with E-state index >= 15 is 0 Å². The van der Waals surface area contributed by atoms with Crippen LogP contribution in [-0.2, 0) is 16.8 Å². The number of aryl methyl sites for hydroxylation is 1. The molecule has 1 saturated heterocycles. The lowest BCUT2D eigenvalue weighted by Gasteiger charge is -2.39. The minimum Gasteiger partial charge on any atom is -0.484 e. The summed E-state index contributed by atoms with van der Waals surface area (Å²) in [5.74, 6) is 1.94. The third-order valence-electron chi connectivity index (χ3n) is 6.66. The predicted molar refractivity (Wildman–Crippen MR) is 141 cm³/mol. The van der Waals surface area contributed by atoms with E-state index in [1.54, 1.807) is 24.1 Å². The quantitative estimate of drug-likeness (QED) is 0.584. The second kappa shape index (κ2) is 10.6. The van der Waals surface area contributed by atoms with E-state index in [2.05, 4.69) is 19.8 Å². The van der Waals surface area contributed by atoms with Crippen molar-refractivity contribution in [1.82, 2.24) is 14.7 Å². The monoisotopic (exact) mass is 527 g/mol. The third-order valence-corrected chi connectivity index (χ3v) is 7.44. The lowest BCUT2D eigenvalue weighted by atomic mass is 10.1. The minimum atomic E-state index is -4.15. The number of hydrogen-bond acceptors (Lipinski definition) is 8. The van der Waals surface area contributed by atoms with E-state index in [9.17, 15) is 8.42 Å². The molecule has 0 amide bonds. The fraction of sp³-hybridized carbons (Fsp3) is 0.462. The number of ether oxygens (including phenoxy) is 3. The number of nitrogens with zero attached hydrogens (tertiary/aromatic N) is 5. The van der Waals surface area contributed by atoms with E-state index in [1.165, 1.54) is 24.2 Å². The maximum absolute atomic E-state index is 12.6. The van der Waals surface area contributed by atoms with Crippen LogP contribution < -0.4 is 14.2 Å². The summed E-state index contributed by atoms with van der Waals surface area (Å²) in [6.07, 6.45) is 3.17. The number of benzene rings is 2. The van der Waals surface area contributed by atoms with Gasteiger partial charge in [0, 0.05) is 20.1 Å². The maximum Gasteiger partial charge on any atom is 0.370 e. The summed E-state index contributed by atoms with van der Waals surface area (Å²) in [6.45, 7) is 7.58. The number of hydrogen-bond donors (Lipinski definition) is 0. The third kappa shape index (κ3) is 5.83. The molecule has 10 nitrogen and oxygen atoms in total. The van der Waals surface area contributed by atoms with Crippen molar-refractivity contribution in [3.05, 3.63) is 53.6 Å². The fourth-order valence-electron chi connectivity index (χ4n) is 4.68. The van der Waals surface area contributed by atoms with Crippen LogP contribution in [0.25, 0.3) is 0 Å². The van der Waals surface area contributed by atoms with Crippen LogP contribution in [0.15, 0.2) is 51.3 Å². The van der Waals surface area contributed by atoms with E-state index < -0.39 is 16.4 Å². The van der Waals surface area contributed by atoms with E-state index in [0.717, 1.165) is 30.8 Å². The van der Waals surface area contributed by atoms with Crippen molar-refractivity contribution in [2.75, 3.05) is 33.3 Å². The topological polar surface area (TPSA) is 96.3 Å². The van der Waals surface area contributed by atoms with Crippen LogP contribution in [0.4, 0.5) is 0 Å². The van der Waals surface area contributed by atoms with Crippen molar-refractivity contribution in [1.29, 1.82) is 0 Å². The van der Waals surface area contributed by atoms with Gasteiger partial charge in [-0.3, -0.25) is 9.80 Å². The SMILES string of the molecule is CCN(C1=NS(=O)(=O)N=C(Oc2ccc(C)cc2)N1C)C1COc2ccc(CN3CCCCC3)cc2O1. The van der Waals surface area contributed by atoms with E-state index in [0.29, 0.717) is 23.8 Å². The molecular formula is C26H33N5O5S. The number of likely N-dealkylation sites (tertiary alicyclic amines) is 1. The number of rotatable bonds is 5. The number of guanidine groups is 1. The Morgan fingerprint density at radius 3 is 2.54 bits per heavy atom. The molecule has 0 spiro atoms. The van der Waals surface area contributed by atoms with Crippen LogP contribution in [-0.4, -0.2) is 74.6 Å². The van der Waals surface area contributed by atoms with Crippen LogP contribution >= 0.6 is 0 Å². The Morgan fingerprint density at radius 1 is 1.05 bits per heavy atom. The molecule has 5 rings (SSSR count). The van der Waals surface area contributed by atoms with Crippen molar-refractivity contribution < 1.29 is 22.6 Å². The van der Waals surface area contributed by atoms with Gasteiger partial charge in [-0.05, 0) is 69.6 Å². The summed E-state index contributed by atoms with van der Waals surface area (Å²) in [5.41, 5.74) is 2.22. The molecule has 3 heterocycles. The molecule has 2 aromatic carbocycles. The Balaban J connectivity index is 1.34. The molecule has 2 aromatic rings. The van der Waals surface area contributed by atoms with Gasteiger partial charge in [-0.15, -0.1) is 4.40 Å². The number of piperidine rings is 1. The van der Waals surface area contributed by atoms with E-state index in [1.807, 2.05) is 38.1 Å². The Kier molecular flexibility index (Phi) is 7.25. The zero-order chi connectivity index (χ0) is 26.0. The van der Waals surface area contributed by atoms with Crippen LogP contribution in [0.2, 0.25) is 0 Å². The largest absolute Gasteiger partial charge is 0.484 e. The molecule has 0 saturated carbocycles. The van der Waals surface area contributed by atoms with Gasteiger partial charge in [0.1, 0.15) is 12.4 Å². The molecule has 1 atom stereocenters. The molecule has 1 fully saturated rings. The van der Waals surface area contributed by atoms with Gasteiger partial charge >= 0.3 is 16.2 Å². The smallest absolute Gasteiger partial charge is 0.370 e. The molecule has 198 valence electrons. The second-order valence-corrected chi connectivity index (χ2v) is 10.7. The summed E-state index contributed by atoms with van der Waals surface area (Å²) < 4.78 is 51.1. The lowest BCUT2D eigenvalue weighted by Crippen LogP contribution is -2.56. The second-order valence-electron chi connectivity index (χ2n) is 9.47. The van der Waals surface area contributed by atoms with E-state index in [-0.39, 0.29) is 18.6 Å². The Bertz CT molecular complexity index is 1290. The molecule has 1 unspecified atom stereocenters. The average Bonchev–Trinajstić information content (AvgIpc) is 2.88. The van der Waals surface area contributed by atoms with Crippen LogP contribution in [0.5, 0.6) is 17.2 Å². The molecule has 3 aliphatic rings. The molecule has 0 N–H and O–H groups in total. The molecule has 11 heteroatoms. The number of amidine groups is 1. The Morgan fingerprint density at radius 2 is 1.81 bits per heavy atom. The Hall–Kier alpha value is -3.31. The minimum absolute atomic E-state index is 0.0896. The summed E-state index contributed by atoms with van der Waals surface area (Å²) in [4.78, 5) is 5.71. The standard InChI is InChI=1S/C26H33N5O5S/c1-4-31(25-27-37(32,33)28-26(29(25)3)35-21-11-8-19(2)9-12-21)24-18-34-22-13-10-20(16-23(22)36-24)17-30-14-6-5-7-15-30/h8-13,16,24H,4-7,14-15,17-18H2,1-3H3. The normalized spacial score (nSPS) is 21.2. The van der Waals surface area contributed by atoms with Crippen molar-refractivity contribution >= 4 is 22.2 Å². The maximum atomic E-state index is 12.6. The highest BCUT2D eigenvalue weighted by molar-refractivity contribution is 7.89. The fourth-order valence-corrected chi connectivity index (χ4v) is 5.51. The molecule has 3 aliphatic heterocycles. The summed E-state index contributed by atoms with van der Waals surface area (Å²) in [5, 5.41) is 0. The van der Waals surface area contributed by atoms with Gasteiger partial charge in [0.25, 0.3) is 0 Å². The van der Waals surface area contributed by atoms with Crippen LogP contribution in [0.1, 0.15) is 37.3 Å². The summed E-state index contributed by atoms with van der Waals surface area (Å²) in [6, 6.07) is 13.2. The Labute approximate surface area is 218 Å². The summed E-state index contributed by atoms with van der Waals surface area (Å²) in [7, 11) is -2.49. The number of fused-ring (bicyclic) bond motifs is 1. The first kappa shape index (κ1) is 25.3. The van der Waals surface area contributed by atoms with Crippen molar-refractivity contribution in [2.45, 2.75) is 45.9 Å². The summed E-state index contributed by atoms with van der Waals surface area (Å²) >= 11 is 0. The first-order valence-corrected chi connectivity index (χ1v) is 14.1. The molecule has 37 heavy (non-hydrogen) atoms. The van der Waals surface area contributed by atoms with Gasteiger partial charge in [-0.2, -0.15) is 8.42 Å². The van der Waals surface area contributed by atoms with Gasteiger partial charge in [-0.25, -0.2) is 0 Å². The van der Waals surface area contributed by atoms with E-state index in [4.69, 9.17) is 14.2 Å². The van der Waals surface area contributed by atoms with Gasteiger partial charge in [0.15, 0.2) is 11.5 Å². The van der Waals surface area contributed by atoms with Crippen LogP contribution in [0.3, 0.4) is 0 Å². The zero-order valence-electron chi connectivity index (χ0n) is 21.5. The average molecular weight is 528 g/mol. The highest BCUT2D eigenvalue weighted by atomic mass is 32.2. The molecular weight excluding hydrogens is 494 g/mol. The van der Waals surface area contributed by atoms with Crippen molar-refractivity contribution in [2.24, 2.45) is 8.80 Å². The first-order chi connectivity index (χ1) is 17.8. The highest BCUT2D eigenvalue weighted by Gasteiger charge is 2.36. The predicted octanol–water partition coefficient (Wildman–Crippen LogP) is 3.38. The first-order valence-electron chi connectivity index (χ1n) is 12.7. The molecule has 0 aromatic heterocycles. The van der Waals surface area contributed by atoms with Gasteiger partial charge in [0.05, 0.1) is 0 Å². The highest BCUT2D eigenvalue weighted by Crippen LogP contribution is 2.34. The van der Waals surface area contributed by atoms with Crippen molar-refractivity contribution in [3.63, 3.8) is 0 Å². The molecule has 0 aliphatic carbocycles. The molecule has 0 radical (unpaired) electrons. The van der Waals surface area contributed by atoms with Gasteiger partial charge in [0.2, 0.25) is 12.2 Å². The van der Waals surface area contributed by atoms with Gasteiger partial charge < -0.3 is 19.1 Å². The lowest BCUT2D eigenvalue weighted by molar-refractivity contribution is 0.00572. The number of likely N-dealkylation sites (N-methyl/N-ethyl adjacent to an activating group) is 1. The van der Waals surface area contributed by atoms with Crippen molar-refractivity contribution in [3.8, 4) is 17.2 Å². The molecule has 0 bridgehead atoms. The van der Waals surface area contributed by atoms with Crippen LogP contribution in [0, 0.1) is 6.92 Å². The van der Waals surface area contributed by atoms with Gasteiger partial charge in [-0.1, -0.05) is 34.6 Å².